The van der Waals surface area contributed by atoms with Gasteiger partial charge in [-0.15, -0.1) is 0 Å². The lowest BCUT2D eigenvalue weighted by Crippen LogP contribution is -2.52. The zero-order valence-corrected chi connectivity index (χ0v) is 14.4. The van der Waals surface area contributed by atoms with Crippen LogP contribution >= 0.6 is 0 Å². The van der Waals surface area contributed by atoms with Crippen LogP contribution in [0.2, 0.25) is 0 Å². The highest BCUT2D eigenvalue weighted by atomic mass is 16.2. The monoisotopic (exact) mass is 344 g/mol. The molecule has 3 amide bonds. The normalized spacial score (nSPS) is 20.0. The Hall–Kier alpha value is -2.25. The molecule has 2 heterocycles. The van der Waals surface area contributed by atoms with E-state index in [2.05, 4.69) is 22.9 Å². The van der Waals surface area contributed by atoms with Crippen LogP contribution in [-0.2, 0) is 22.7 Å². The number of likely N-dealkylation sites (N-methyl/N-ethyl adjacent to an activating group) is 1. The maximum atomic E-state index is 12.9. The lowest BCUT2D eigenvalue weighted by molar-refractivity contribution is -0.136. The van der Waals surface area contributed by atoms with Gasteiger partial charge < -0.3 is 15.5 Å². The molecule has 0 bridgehead atoms. The first-order chi connectivity index (χ1) is 12.1. The number of amides is 3. The minimum absolute atomic E-state index is 0.117. The molecule has 0 aliphatic carbocycles. The molecule has 0 aromatic heterocycles. The molecule has 3 N–H and O–H groups in total. The van der Waals surface area contributed by atoms with Gasteiger partial charge in [0.2, 0.25) is 11.8 Å². The van der Waals surface area contributed by atoms with Gasteiger partial charge in [-0.3, -0.25) is 19.7 Å². The fraction of sp³-hybridized carbons (Fsp3) is 0.500. The Labute approximate surface area is 147 Å². The van der Waals surface area contributed by atoms with Gasteiger partial charge in [0.25, 0.3) is 5.91 Å². The number of carbonyl (C=O) groups is 3. The summed E-state index contributed by atoms with van der Waals surface area (Å²) in [6, 6.07) is 5.26. The number of fused-ring (bicyclic) bond motifs is 1. The Balaban J connectivity index is 1.70. The second-order valence-electron chi connectivity index (χ2n) is 6.38. The van der Waals surface area contributed by atoms with Crippen molar-refractivity contribution in [1.82, 2.24) is 20.9 Å². The van der Waals surface area contributed by atoms with Crippen molar-refractivity contribution < 1.29 is 14.4 Å². The summed E-state index contributed by atoms with van der Waals surface area (Å²) in [5, 5.41) is 8.91. The molecule has 1 atom stereocenters. The van der Waals surface area contributed by atoms with Gasteiger partial charge in [-0.25, -0.2) is 0 Å². The molecule has 0 saturated carbocycles. The fourth-order valence-electron chi connectivity index (χ4n) is 3.41. The molecule has 7 heteroatoms. The second kappa shape index (κ2) is 7.76. The second-order valence-corrected chi connectivity index (χ2v) is 6.38. The Morgan fingerprint density at radius 2 is 2.00 bits per heavy atom. The first-order valence-corrected chi connectivity index (χ1v) is 8.78. The van der Waals surface area contributed by atoms with Gasteiger partial charge >= 0.3 is 0 Å². The Morgan fingerprint density at radius 3 is 2.76 bits per heavy atom. The number of hydrogen-bond donors (Lipinski definition) is 3. The highest BCUT2D eigenvalue weighted by Crippen LogP contribution is 2.29. The summed E-state index contributed by atoms with van der Waals surface area (Å²) in [6.45, 7) is 5.73. The number of carbonyl (C=O) groups excluding carboxylic acids is 3. The Kier molecular flexibility index (Phi) is 5.45. The van der Waals surface area contributed by atoms with Crippen LogP contribution in [0, 0.1) is 0 Å². The van der Waals surface area contributed by atoms with Crippen molar-refractivity contribution in [2.24, 2.45) is 0 Å². The average molecular weight is 344 g/mol. The highest BCUT2D eigenvalue weighted by Gasteiger charge is 2.39. The molecule has 0 radical (unpaired) electrons. The predicted octanol–water partition coefficient (Wildman–Crippen LogP) is 0.147. The van der Waals surface area contributed by atoms with Gasteiger partial charge in [0.1, 0.15) is 6.04 Å². The van der Waals surface area contributed by atoms with Gasteiger partial charge in [0, 0.05) is 38.2 Å². The Bertz CT molecular complexity index is 689. The Morgan fingerprint density at radius 1 is 1.20 bits per heavy atom. The average Bonchev–Trinajstić information content (AvgIpc) is 2.92. The summed E-state index contributed by atoms with van der Waals surface area (Å²) < 4.78 is 0. The van der Waals surface area contributed by atoms with Crippen molar-refractivity contribution >= 4 is 17.7 Å². The van der Waals surface area contributed by atoms with Crippen LogP contribution in [0.15, 0.2) is 18.2 Å². The van der Waals surface area contributed by atoms with Crippen LogP contribution in [0.25, 0.3) is 0 Å². The van der Waals surface area contributed by atoms with E-state index in [0.29, 0.717) is 25.1 Å². The molecule has 7 nitrogen and oxygen atoms in total. The molecular formula is C18H24N4O3. The van der Waals surface area contributed by atoms with Crippen LogP contribution < -0.4 is 16.0 Å². The molecule has 2 aliphatic heterocycles. The molecule has 3 rings (SSSR count). The van der Waals surface area contributed by atoms with Crippen LogP contribution in [0.3, 0.4) is 0 Å². The largest absolute Gasteiger partial charge is 0.322 e. The molecule has 1 fully saturated rings. The predicted molar refractivity (Wildman–Crippen MR) is 92.7 cm³/mol. The van der Waals surface area contributed by atoms with Crippen molar-refractivity contribution in [3.63, 3.8) is 0 Å². The van der Waals surface area contributed by atoms with Gasteiger partial charge in [0.15, 0.2) is 0 Å². The van der Waals surface area contributed by atoms with E-state index in [1.165, 1.54) is 0 Å². The molecule has 2 aliphatic rings. The molecule has 25 heavy (non-hydrogen) atoms. The van der Waals surface area contributed by atoms with E-state index in [0.717, 1.165) is 30.8 Å². The van der Waals surface area contributed by atoms with E-state index in [4.69, 9.17) is 0 Å². The van der Waals surface area contributed by atoms with Gasteiger partial charge in [-0.1, -0.05) is 25.1 Å². The summed E-state index contributed by atoms with van der Waals surface area (Å²) >= 11 is 0. The number of nitrogens with one attached hydrogen (secondary N) is 3. The number of benzene rings is 1. The van der Waals surface area contributed by atoms with Crippen molar-refractivity contribution in [3.05, 3.63) is 34.9 Å². The van der Waals surface area contributed by atoms with E-state index in [1.54, 1.807) is 4.90 Å². The third kappa shape index (κ3) is 3.72. The van der Waals surface area contributed by atoms with Crippen LogP contribution in [0.5, 0.6) is 0 Å². The third-order valence-electron chi connectivity index (χ3n) is 4.68. The number of nitrogens with zero attached hydrogens (tertiary/aromatic N) is 1. The SMILES string of the molecule is CCNCCNCc1cccc2c1C(=O)N(C1CCC(=O)NC1=O)C2. The fourth-order valence-corrected chi connectivity index (χ4v) is 3.41. The number of imide groups is 1. The lowest BCUT2D eigenvalue weighted by Gasteiger charge is -2.29. The zero-order valence-electron chi connectivity index (χ0n) is 14.4. The van der Waals surface area contributed by atoms with Crippen molar-refractivity contribution in [3.8, 4) is 0 Å². The quantitative estimate of drug-likeness (QED) is 0.484. The van der Waals surface area contributed by atoms with Gasteiger partial charge in [-0.05, 0) is 24.1 Å². The standard InChI is InChI=1S/C18H24N4O3/c1-2-19-8-9-20-10-12-4-3-5-13-11-22(18(25)16(12)13)14-6-7-15(23)21-17(14)24/h3-5,14,19-20H,2,6-11H2,1H3,(H,21,23,24). The molecular weight excluding hydrogens is 320 g/mol. The highest BCUT2D eigenvalue weighted by molar-refractivity contribution is 6.05. The first kappa shape index (κ1) is 17.6. The van der Waals surface area contributed by atoms with Gasteiger partial charge in [0.05, 0.1) is 0 Å². The summed E-state index contributed by atoms with van der Waals surface area (Å²) in [6.07, 6.45) is 0.663. The van der Waals surface area contributed by atoms with Crippen molar-refractivity contribution in [2.75, 3.05) is 19.6 Å². The zero-order chi connectivity index (χ0) is 17.8. The minimum Gasteiger partial charge on any atom is -0.322 e. The molecule has 1 unspecified atom stereocenters. The number of rotatable bonds is 7. The molecule has 0 spiro atoms. The van der Waals surface area contributed by atoms with Crippen LogP contribution in [0.1, 0.15) is 41.3 Å². The summed E-state index contributed by atoms with van der Waals surface area (Å²) in [4.78, 5) is 37.9. The van der Waals surface area contributed by atoms with Crippen molar-refractivity contribution in [1.29, 1.82) is 0 Å². The van der Waals surface area contributed by atoms with E-state index < -0.39 is 6.04 Å². The van der Waals surface area contributed by atoms with E-state index >= 15 is 0 Å². The molecule has 1 aromatic rings. The van der Waals surface area contributed by atoms with E-state index in [1.807, 2.05) is 18.2 Å². The topological polar surface area (TPSA) is 90.5 Å². The molecule has 1 saturated heterocycles. The summed E-state index contributed by atoms with van der Waals surface area (Å²) in [5.74, 6) is -0.757. The molecule has 1 aromatic carbocycles. The smallest absolute Gasteiger partial charge is 0.255 e. The van der Waals surface area contributed by atoms with Crippen LogP contribution in [-0.4, -0.2) is 48.3 Å². The first-order valence-electron chi connectivity index (χ1n) is 8.78. The molecule has 134 valence electrons. The lowest BCUT2D eigenvalue weighted by atomic mass is 10.0. The summed E-state index contributed by atoms with van der Waals surface area (Å²) in [7, 11) is 0. The van der Waals surface area contributed by atoms with Gasteiger partial charge in [-0.2, -0.15) is 0 Å². The van der Waals surface area contributed by atoms with E-state index in [-0.39, 0.29) is 24.1 Å². The third-order valence-corrected chi connectivity index (χ3v) is 4.68. The maximum Gasteiger partial charge on any atom is 0.255 e. The number of hydrogen-bond acceptors (Lipinski definition) is 5. The summed E-state index contributed by atoms with van der Waals surface area (Å²) in [5.41, 5.74) is 2.60. The van der Waals surface area contributed by atoms with Crippen molar-refractivity contribution in [2.45, 2.75) is 38.9 Å². The number of piperidine rings is 1. The minimum atomic E-state index is -0.563. The van der Waals surface area contributed by atoms with Crippen LogP contribution in [0.4, 0.5) is 0 Å². The van der Waals surface area contributed by atoms with E-state index in [9.17, 15) is 14.4 Å². The maximum absolute atomic E-state index is 12.9.